The summed E-state index contributed by atoms with van der Waals surface area (Å²) in [5.41, 5.74) is 12.1. The molecule has 3 aliphatic rings. The summed E-state index contributed by atoms with van der Waals surface area (Å²) in [6.07, 6.45) is 3.73. The van der Waals surface area contributed by atoms with E-state index in [4.69, 9.17) is 0 Å². The molecule has 2 heterocycles. The highest BCUT2D eigenvalue weighted by atomic mass is 32.1. The summed E-state index contributed by atoms with van der Waals surface area (Å²) >= 11 is 1.66. The van der Waals surface area contributed by atoms with E-state index < -0.39 is 11.5 Å². The van der Waals surface area contributed by atoms with E-state index in [-0.39, 0.29) is 11.5 Å². The number of aliphatic hydroxyl groups is 1. The predicted octanol–water partition coefficient (Wildman–Crippen LogP) is 9.66. The Hall–Kier alpha value is -5.95. The van der Waals surface area contributed by atoms with Crippen LogP contribution in [0, 0.1) is 0 Å². The van der Waals surface area contributed by atoms with Gasteiger partial charge in [-0.3, -0.25) is 9.78 Å². The van der Waals surface area contributed by atoms with Gasteiger partial charge in [0.25, 0.3) is 0 Å². The molecule has 0 aliphatic heterocycles. The molecule has 1 atom stereocenters. The Bertz CT molecular complexity index is 2420. The third-order valence-corrected chi connectivity index (χ3v) is 11.2. The Kier molecular flexibility index (Phi) is 6.04. The molecule has 1 unspecified atom stereocenters. The summed E-state index contributed by atoms with van der Waals surface area (Å²) in [5.74, 6) is -0.276. The summed E-state index contributed by atoms with van der Waals surface area (Å²) in [5, 5.41) is 11.1. The van der Waals surface area contributed by atoms with E-state index >= 15 is 0 Å². The minimum Gasteiger partial charge on any atom is -0.382 e. The van der Waals surface area contributed by atoms with Gasteiger partial charge in [-0.25, -0.2) is 4.98 Å². The molecule has 0 amide bonds. The van der Waals surface area contributed by atoms with Crippen molar-refractivity contribution in [3.8, 4) is 21.6 Å². The Morgan fingerprint density at radius 2 is 1.24 bits per heavy atom. The molecule has 3 aliphatic carbocycles. The molecule has 7 aromatic rings. The number of thiophene rings is 1. The number of carbonyl (C=O) groups is 1. The normalized spacial score (nSPS) is 16.7. The van der Waals surface area contributed by atoms with Crippen LogP contribution in [0.25, 0.3) is 27.6 Å². The lowest BCUT2D eigenvalue weighted by Crippen LogP contribution is -2.26. The van der Waals surface area contributed by atoms with E-state index in [1.54, 1.807) is 11.3 Å². The highest BCUT2D eigenvalue weighted by molar-refractivity contribution is 7.16. The van der Waals surface area contributed by atoms with Gasteiger partial charge < -0.3 is 10.0 Å². The summed E-state index contributed by atoms with van der Waals surface area (Å²) in [6.45, 7) is 0. The number of Topliss-reactive ketones (excluding diaryl/α,β-unsaturated/α-hetero) is 1. The average molecular weight is 650 g/mol. The fourth-order valence-corrected chi connectivity index (χ4v) is 9.34. The van der Waals surface area contributed by atoms with Gasteiger partial charge in [-0.1, -0.05) is 91.0 Å². The molecular formula is C43H27N3O2S. The van der Waals surface area contributed by atoms with Crippen LogP contribution in [0.15, 0.2) is 151 Å². The highest BCUT2D eigenvalue weighted by Gasteiger charge is 2.53. The summed E-state index contributed by atoms with van der Waals surface area (Å²) in [4.78, 5) is 26.2. The largest absolute Gasteiger partial charge is 0.382 e. The van der Waals surface area contributed by atoms with Crippen LogP contribution in [0.2, 0.25) is 0 Å². The molecule has 0 fully saturated rings. The van der Waals surface area contributed by atoms with Crippen LogP contribution in [-0.4, -0.2) is 20.9 Å². The molecule has 5 aromatic carbocycles. The molecular weight excluding hydrogens is 623 g/mol. The number of aromatic nitrogens is 2. The van der Waals surface area contributed by atoms with Crippen molar-refractivity contribution >= 4 is 40.3 Å². The van der Waals surface area contributed by atoms with Crippen molar-refractivity contribution in [3.63, 3.8) is 0 Å². The van der Waals surface area contributed by atoms with Crippen molar-refractivity contribution in [3.05, 3.63) is 190 Å². The number of rotatable bonds is 4. The van der Waals surface area contributed by atoms with Gasteiger partial charge in [0.1, 0.15) is 17.5 Å². The first-order valence-corrected chi connectivity index (χ1v) is 17.1. The lowest BCUT2D eigenvalue weighted by atomic mass is 9.71. The van der Waals surface area contributed by atoms with Crippen LogP contribution in [0.4, 0.5) is 17.1 Å². The fourth-order valence-electron chi connectivity index (χ4n) is 8.13. The van der Waals surface area contributed by atoms with Gasteiger partial charge in [0.05, 0.1) is 5.41 Å². The smallest absolute Gasteiger partial charge is 0.212 e. The first-order valence-electron chi connectivity index (χ1n) is 16.3. The van der Waals surface area contributed by atoms with Crippen molar-refractivity contribution in [2.45, 2.75) is 11.5 Å². The Labute approximate surface area is 287 Å². The second kappa shape index (κ2) is 10.5. The van der Waals surface area contributed by atoms with E-state index in [0.717, 1.165) is 21.9 Å². The molecule has 6 heteroatoms. The van der Waals surface area contributed by atoms with E-state index in [2.05, 4.69) is 136 Å². The Balaban J connectivity index is 1.22. The van der Waals surface area contributed by atoms with E-state index in [0.29, 0.717) is 11.3 Å². The SMILES string of the molecule is O=C1/C(=C/c2cc3c(s2)-c2ccc(N(c4ccccc4)c4ccccc4)cc2C32c3ccccc3-c3ccccc32)C(O)c2nccnc21. The molecule has 0 saturated heterocycles. The van der Waals surface area contributed by atoms with E-state index in [9.17, 15) is 9.90 Å². The number of para-hydroxylation sites is 2. The van der Waals surface area contributed by atoms with Gasteiger partial charge >= 0.3 is 0 Å². The molecule has 49 heavy (non-hydrogen) atoms. The number of carbonyl (C=O) groups excluding carboxylic acids is 1. The molecule has 0 bridgehead atoms. The van der Waals surface area contributed by atoms with Gasteiger partial charge in [0, 0.05) is 44.8 Å². The van der Waals surface area contributed by atoms with E-state index in [1.165, 1.54) is 56.2 Å². The number of hydrogen-bond acceptors (Lipinski definition) is 6. The molecule has 0 saturated carbocycles. The monoisotopic (exact) mass is 649 g/mol. The predicted molar refractivity (Wildman–Crippen MR) is 195 cm³/mol. The third kappa shape index (κ3) is 3.87. The van der Waals surface area contributed by atoms with Crippen LogP contribution in [-0.2, 0) is 5.41 Å². The highest BCUT2D eigenvalue weighted by Crippen LogP contribution is 2.65. The zero-order valence-electron chi connectivity index (χ0n) is 26.1. The number of anilines is 3. The fraction of sp³-hybridized carbons (Fsp3) is 0.0465. The molecule has 0 radical (unpaired) electrons. The number of nitrogens with zero attached hydrogens (tertiary/aromatic N) is 3. The topological polar surface area (TPSA) is 66.3 Å². The average Bonchev–Trinajstić information content (AvgIpc) is 3.85. The lowest BCUT2D eigenvalue weighted by Gasteiger charge is -2.32. The Morgan fingerprint density at radius 3 is 1.90 bits per heavy atom. The van der Waals surface area contributed by atoms with Gasteiger partial charge in [0.15, 0.2) is 0 Å². The van der Waals surface area contributed by atoms with Crippen molar-refractivity contribution in [2.24, 2.45) is 0 Å². The second-order valence-corrected chi connectivity index (χ2v) is 13.7. The number of hydrogen-bond donors (Lipinski definition) is 1. The molecule has 1 spiro atoms. The standard InChI is InChI=1S/C43H27N3O2S/c47-40-33(41(48)39-38(40)44-21-22-45-39)24-29-25-37-42(49-29)32-20-19-28(46(26-11-3-1-4-12-26)27-13-5-2-6-14-27)23-36(32)43(37)34-17-9-7-15-30(34)31-16-8-10-18-35(31)43/h1-25,40,47H/b33-24+. The zero-order valence-corrected chi connectivity index (χ0v) is 26.9. The van der Waals surface area contributed by atoms with Crippen LogP contribution in [0.1, 0.15) is 49.4 Å². The molecule has 5 nitrogen and oxygen atoms in total. The van der Waals surface area contributed by atoms with Gasteiger partial charge in [-0.05, 0) is 87.5 Å². The first kappa shape index (κ1) is 28.1. The van der Waals surface area contributed by atoms with Crippen LogP contribution < -0.4 is 4.90 Å². The van der Waals surface area contributed by atoms with Crippen molar-refractivity contribution in [2.75, 3.05) is 4.90 Å². The number of ketones is 1. The van der Waals surface area contributed by atoms with Crippen molar-refractivity contribution < 1.29 is 9.90 Å². The zero-order chi connectivity index (χ0) is 32.7. The van der Waals surface area contributed by atoms with Gasteiger partial charge in [-0.15, -0.1) is 11.3 Å². The molecule has 232 valence electrons. The third-order valence-electron chi connectivity index (χ3n) is 10.1. The lowest BCUT2D eigenvalue weighted by molar-refractivity contribution is 0.101. The van der Waals surface area contributed by atoms with Crippen LogP contribution in [0.5, 0.6) is 0 Å². The quantitative estimate of drug-likeness (QED) is 0.192. The summed E-state index contributed by atoms with van der Waals surface area (Å²) in [7, 11) is 0. The van der Waals surface area contributed by atoms with Crippen LogP contribution >= 0.6 is 11.3 Å². The second-order valence-electron chi connectivity index (χ2n) is 12.6. The summed E-state index contributed by atoms with van der Waals surface area (Å²) in [6, 6.07) is 47.5. The molecule has 10 rings (SSSR count). The maximum absolute atomic E-state index is 13.4. The number of benzene rings is 5. The maximum atomic E-state index is 13.4. The maximum Gasteiger partial charge on any atom is 0.212 e. The molecule has 1 N–H and O–H groups in total. The van der Waals surface area contributed by atoms with Gasteiger partial charge in [-0.2, -0.15) is 0 Å². The Morgan fingerprint density at radius 1 is 0.633 bits per heavy atom. The summed E-state index contributed by atoms with van der Waals surface area (Å²) < 4.78 is 0. The first-order chi connectivity index (χ1) is 24.1. The van der Waals surface area contributed by atoms with Crippen molar-refractivity contribution in [1.82, 2.24) is 9.97 Å². The molecule has 2 aromatic heterocycles. The van der Waals surface area contributed by atoms with Gasteiger partial charge in [0.2, 0.25) is 5.78 Å². The minimum absolute atomic E-state index is 0.222. The van der Waals surface area contributed by atoms with Crippen molar-refractivity contribution in [1.29, 1.82) is 0 Å². The van der Waals surface area contributed by atoms with Crippen LogP contribution in [0.3, 0.4) is 0 Å². The minimum atomic E-state index is -1.10. The van der Waals surface area contributed by atoms with E-state index in [1.807, 2.05) is 18.2 Å². The number of fused-ring (bicyclic) bond motifs is 11. The number of aliphatic hydroxyl groups excluding tert-OH is 1.